The molecule has 0 radical (unpaired) electrons. The molecule has 1 aromatic carbocycles. The number of carboxylic acids is 1. The van der Waals surface area contributed by atoms with Gasteiger partial charge in [0.05, 0.1) is 30.4 Å². The Morgan fingerprint density at radius 1 is 1.21 bits per heavy atom. The number of hydrogen-bond acceptors (Lipinski definition) is 8. The van der Waals surface area contributed by atoms with E-state index in [0.717, 1.165) is 38.1 Å². The average molecular weight is 503 g/mol. The van der Waals surface area contributed by atoms with Crippen molar-refractivity contribution in [2.24, 2.45) is 29.6 Å². The number of H-pyrrole nitrogens is 1. The van der Waals surface area contributed by atoms with Gasteiger partial charge in [-0.2, -0.15) is 0 Å². The van der Waals surface area contributed by atoms with Crippen LogP contribution in [0.15, 0.2) is 28.0 Å². The van der Waals surface area contributed by atoms with E-state index in [1.165, 1.54) is 7.11 Å². The first kappa shape index (κ1) is 21.7. The third-order valence-electron chi connectivity index (χ3n) is 7.93. The van der Waals surface area contributed by atoms with Crippen LogP contribution in [0.2, 0.25) is 0 Å². The van der Waals surface area contributed by atoms with Gasteiger partial charge in [-0.1, -0.05) is 17.4 Å². The normalized spacial score (nSPS) is 33.1. The molecule has 4 aliphatic rings. The van der Waals surface area contributed by atoms with Gasteiger partial charge in [-0.3, -0.25) is 24.1 Å². The second kappa shape index (κ2) is 7.61. The lowest BCUT2D eigenvalue weighted by molar-refractivity contribution is -0.142. The molecule has 178 valence electrons. The van der Waals surface area contributed by atoms with Crippen LogP contribution in [0.4, 0.5) is 0 Å². The fourth-order valence-corrected chi connectivity index (χ4v) is 9.66. The number of nitrogens with one attached hydrogen (secondary N) is 1. The zero-order valence-electron chi connectivity index (χ0n) is 18.1. The van der Waals surface area contributed by atoms with Gasteiger partial charge in [0, 0.05) is 22.6 Å². The number of aromatic amines is 1. The van der Waals surface area contributed by atoms with E-state index in [0.29, 0.717) is 5.75 Å². The second-order valence-electron chi connectivity index (χ2n) is 9.36. The number of thioether (sulfide) groups is 1. The Morgan fingerprint density at radius 2 is 1.94 bits per heavy atom. The number of likely N-dealkylation sites (tertiary alicyclic amines) is 1. The number of rotatable bonds is 5. The molecule has 2 aromatic rings. The van der Waals surface area contributed by atoms with Gasteiger partial charge in [0.25, 0.3) is 0 Å². The van der Waals surface area contributed by atoms with E-state index >= 15 is 0 Å². The number of nitrogens with zero attached hydrogens (tertiary/aromatic N) is 1. The number of aromatic hydroxyl groups is 1. The summed E-state index contributed by atoms with van der Waals surface area (Å²) in [6.45, 7) is -0.0961. The Bertz CT molecular complexity index is 1290. The number of carbonyl (C=O) groups excluding carboxylic acids is 2. The van der Waals surface area contributed by atoms with Crippen LogP contribution >= 0.6 is 23.1 Å². The standard InChI is InChI=1S/C23H22N2O7S2/c1-32-12-6-8(2-3-11(12)26)14-15-9-7-10(18(15)33-20-19(14)34-23(31)24-20)17-16(9)21(29)25(22(17)30)5-4-13(27)28/h2-3,6,9-10,14-18,26H,4-5,7H2,1H3,(H,24,31)(H,27,28)/t9-,10+,14+,15-,16+,17-,18-/m1/s1. The Kier molecular flexibility index (Phi) is 4.86. The van der Waals surface area contributed by atoms with Gasteiger partial charge in [0.15, 0.2) is 11.5 Å². The Balaban J connectivity index is 1.42. The molecule has 1 saturated heterocycles. The predicted molar refractivity (Wildman–Crippen MR) is 122 cm³/mol. The molecule has 2 aliphatic heterocycles. The fourth-order valence-electron chi connectivity index (χ4n) is 6.77. The topological polar surface area (TPSA) is 137 Å². The predicted octanol–water partition coefficient (Wildman–Crippen LogP) is 2.10. The maximum Gasteiger partial charge on any atom is 0.305 e. The highest BCUT2D eigenvalue weighted by atomic mass is 32.2. The molecule has 9 nitrogen and oxygen atoms in total. The monoisotopic (exact) mass is 502 g/mol. The Morgan fingerprint density at radius 3 is 2.65 bits per heavy atom. The number of carbonyl (C=O) groups is 3. The Labute approximate surface area is 202 Å². The molecule has 2 aliphatic carbocycles. The van der Waals surface area contributed by atoms with E-state index in [1.54, 1.807) is 23.9 Å². The molecule has 2 saturated carbocycles. The first-order valence-corrected chi connectivity index (χ1v) is 12.8. The van der Waals surface area contributed by atoms with E-state index in [4.69, 9.17) is 9.84 Å². The number of fused-ring (bicyclic) bond motifs is 9. The van der Waals surface area contributed by atoms with Gasteiger partial charge in [0.2, 0.25) is 11.8 Å². The number of thiazole rings is 1. The molecular weight excluding hydrogens is 480 g/mol. The number of benzene rings is 1. The van der Waals surface area contributed by atoms with Crippen LogP contribution in [0, 0.1) is 29.6 Å². The average Bonchev–Trinajstić information content (AvgIpc) is 3.52. The van der Waals surface area contributed by atoms with Gasteiger partial charge in [-0.25, -0.2) is 0 Å². The van der Waals surface area contributed by atoms with Crippen molar-refractivity contribution >= 4 is 40.9 Å². The summed E-state index contributed by atoms with van der Waals surface area (Å²) in [7, 11) is 1.48. The van der Waals surface area contributed by atoms with E-state index in [9.17, 15) is 24.3 Å². The molecule has 1 aromatic heterocycles. The molecule has 3 fully saturated rings. The minimum Gasteiger partial charge on any atom is -0.504 e. The molecule has 2 amide bonds. The molecule has 0 unspecified atom stereocenters. The van der Waals surface area contributed by atoms with Crippen molar-refractivity contribution in [3.8, 4) is 11.5 Å². The van der Waals surface area contributed by atoms with Crippen LogP contribution in [0.5, 0.6) is 11.5 Å². The van der Waals surface area contributed by atoms with Gasteiger partial charge >= 0.3 is 10.8 Å². The summed E-state index contributed by atoms with van der Waals surface area (Å²) >= 11 is 2.76. The van der Waals surface area contributed by atoms with Crippen molar-refractivity contribution in [3.63, 3.8) is 0 Å². The largest absolute Gasteiger partial charge is 0.504 e. The summed E-state index contributed by atoms with van der Waals surface area (Å²) in [6.07, 6.45) is 0.495. The van der Waals surface area contributed by atoms with Crippen molar-refractivity contribution in [1.82, 2.24) is 9.88 Å². The zero-order valence-corrected chi connectivity index (χ0v) is 19.7. The van der Waals surface area contributed by atoms with E-state index < -0.39 is 17.8 Å². The Hall–Kier alpha value is -2.79. The fraction of sp³-hybridized carbons (Fsp3) is 0.478. The number of aliphatic carboxylic acids is 1. The number of aromatic nitrogens is 1. The molecule has 3 heterocycles. The van der Waals surface area contributed by atoms with Crippen LogP contribution < -0.4 is 9.61 Å². The zero-order chi connectivity index (χ0) is 23.9. The van der Waals surface area contributed by atoms with E-state index in [-0.39, 0.29) is 64.3 Å². The van der Waals surface area contributed by atoms with Gasteiger partial charge in [0.1, 0.15) is 0 Å². The van der Waals surface area contributed by atoms with Crippen LogP contribution in [0.1, 0.15) is 29.2 Å². The van der Waals surface area contributed by atoms with Gasteiger partial charge in [-0.15, -0.1) is 11.8 Å². The third kappa shape index (κ3) is 2.92. The number of imide groups is 1. The molecule has 7 atom stereocenters. The number of ether oxygens (including phenoxy) is 1. The summed E-state index contributed by atoms with van der Waals surface area (Å²) in [5, 5.41) is 20.0. The summed E-state index contributed by atoms with van der Waals surface area (Å²) in [5.41, 5.74) is 0.894. The lowest BCUT2D eigenvalue weighted by Gasteiger charge is -2.43. The van der Waals surface area contributed by atoms with Gasteiger partial charge < -0.3 is 19.9 Å². The van der Waals surface area contributed by atoms with E-state index in [2.05, 4.69) is 4.98 Å². The van der Waals surface area contributed by atoms with Crippen LogP contribution in [-0.2, 0) is 14.4 Å². The smallest absolute Gasteiger partial charge is 0.305 e. The molecule has 2 bridgehead atoms. The lowest BCUT2D eigenvalue weighted by Crippen LogP contribution is -2.42. The minimum absolute atomic E-state index is 0.0191. The number of carboxylic acid groups (broad SMARTS) is 1. The lowest BCUT2D eigenvalue weighted by atomic mass is 9.68. The number of methoxy groups -OCH3 is 1. The third-order valence-corrected chi connectivity index (χ3v) is 10.5. The van der Waals surface area contributed by atoms with Crippen molar-refractivity contribution in [2.45, 2.75) is 29.0 Å². The van der Waals surface area contributed by atoms with Crippen molar-refractivity contribution in [1.29, 1.82) is 0 Å². The highest BCUT2D eigenvalue weighted by Gasteiger charge is 2.69. The van der Waals surface area contributed by atoms with E-state index in [1.807, 2.05) is 6.07 Å². The number of phenolic OH excluding ortho intramolecular Hbond substituents is 1. The molecule has 3 N–H and O–H groups in total. The molecular formula is C23H22N2O7S2. The highest BCUT2D eigenvalue weighted by molar-refractivity contribution is 8.00. The highest BCUT2D eigenvalue weighted by Crippen LogP contribution is 2.68. The SMILES string of the molecule is COc1cc([C@@H]2c3sc(=O)[nH]c3S[C@@H]3[C@H]4C[C@@H]([C@@H]5C(=O)N(CCC(=O)O)C(=O)[C@H]45)[C@H]23)ccc1O. The summed E-state index contributed by atoms with van der Waals surface area (Å²) in [4.78, 5) is 54.7. The number of phenols is 1. The first-order valence-electron chi connectivity index (χ1n) is 11.1. The van der Waals surface area contributed by atoms with Crippen LogP contribution in [0.25, 0.3) is 0 Å². The number of amides is 2. The summed E-state index contributed by atoms with van der Waals surface area (Å²) in [5.74, 6) is -2.29. The maximum absolute atomic E-state index is 13.3. The van der Waals surface area contributed by atoms with Crippen molar-refractivity contribution in [2.75, 3.05) is 13.7 Å². The molecule has 6 rings (SSSR count). The molecule has 0 spiro atoms. The van der Waals surface area contributed by atoms with Gasteiger partial charge in [-0.05, 0) is 41.9 Å². The molecule has 34 heavy (non-hydrogen) atoms. The quantitative estimate of drug-likeness (QED) is 0.529. The minimum atomic E-state index is -1.04. The van der Waals surface area contributed by atoms with Crippen molar-refractivity contribution in [3.05, 3.63) is 38.3 Å². The summed E-state index contributed by atoms with van der Waals surface area (Å²) < 4.78 is 5.33. The first-order chi connectivity index (χ1) is 16.3. The van der Waals surface area contributed by atoms with Crippen LogP contribution in [-0.4, -0.2) is 56.8 Å². The van der Waals surface area contributed by atoms with Crippen LogP contribution in [0.3, 0.4) is 0 Å². The summed E-state index contributed by atoms with van der Waals surface area (Å²) in [6, 6.07) is 5.19. The number of hydrogen-bond donors (Lipinski definition) is 3. The molecule has 11 heteroatoms. The maximum atomic E-state index is 13.3. The van der Waals surface area contributed by atoms with Crippen molar-refractivity contribution < 1.29 is 29.3 Å². The second-order valence-corrected chi connectivity index (χ2v) is 11.6.